The predicted molar refractivity (Wildman–Crippen MR) is 82.6 cm³/mol. The van der Waals surface area contributed by atoms with Gasteiger partial charge in [-0.25, -0.2) is 8.42 Å². The van der Waals surface area contributed by atoms with Gasteiger partial charge in [0.15, 0.2) is 0 Å². The van der Waals surface area contributed by atoms with Crippen LogP contribution in [-0.4, -0.2) is 19.5 Å². The van der Waals surface area contributed by atoms with Crippen LogP contribution in [-0.2, 0) is 14.8 Å². The number of benzene rings is 2. The molecule has 0 fully saturated rings. The fourth-order valence-electron chi connectivity index (χ4n) is 2.70. The number of carbonyl (C=O) groups is 1. The second-order valence-corrected chi connectivity index (χ2v) is 7.07. The van der Waals surface area contributed by atoms with Gasteiger partial charge in [0.2, 0.25) is 0 Å². The molecule has 2 aromatic rings. The van der Waals surface area contributed by atoms with Crippen molar-refractivity contribution in [2.75, 3.05) is 4.31 Å². The average Bonchev–Trinajstić information content (AvgIpc) is 2.68. The maximum atomic E-state index is 12.8. The zero-order chi connectivity index (χ0) is 15.9. The quantitative estimate of drug-likeness (QED) is 0.934. The van der Waals surface area contributed by atoms with E-state index in [1.54, 1.807) is 42.5 Å². The number of carboxylic acids is 1. The van der Waals surface area contributed by atoms with Crippen LogP contribution in [0.25, 0.3) is 0 Å². The Morgan fingerprint density at radius 1 is 1.14 bits per heavy atom. The highest BCUT2D eigenvalue weighted by molar-refractivity contribution is 7.93. The SMILES string of the molecule is O=C(O)CC1c2cccc(Cl)c2S(=O)(=O)N1c1ccccc1. The minimum absolute atomic E-state index is 0.00762. The molecule has 0 amide bonds. The Morgan fingerprint density at radius 3 is 2.45 bits per heavy atom. The standard InChI is InChI=1S/C15H12ClNO4S/c16-12-8-4-7-11-13(9-14(18)19)17(22(20,21)15(11)12)10-5-2-1-3-6-10/h1-8,13H,9H2,(H,18,19). The summed E-state index contributed by atoms with van der Waals surface area (Å²) in [6, 6.07) is 12.3. The molecule has 1 heterocycles. The van der Waals surface area contributed by atoms with Crippen molar-refractivity contribution in [2.24, 2.45) is 0 Å². The molecule has 2 aromatic carbocycles. The number of hydrogen-bond acceptors (Lipinski definition) is 3. The molecule has 0 saturated carbocycles. The van der Waals surface area contributed by atoms with Crippen LogP contribution in [0, 0.1) is 0 Å². The number of aliphatic carboxylic acids is 1. The highest BCUT2D eigenvalue weighted by Crippen LogP contribution is 2.46. The second kappa shape index (κ2) is 5.30. The van der Waals surface area contributed by atoms with Crippen LogP contribution in [0.2, 0.25) is 5.02 Å². The Morgan fingerprint density at radius 2 is 1.82 bits per heavy atom. The zero-order valence-electron chi connectivity index (χ0n) is 11.3. The molecule has 1 N–H and O–H groups in total. The first kappa shape index (κ1) is 14.9. The first-order valence-electron chi connectivity index (χ1n) is 6.52. The molecule has 1 aliphatic heterocycles. The van der Waals surface area contributed by atoms with Crippen LogP contribution < -0.4 is 4.31 Å². The molecule has 114 valence electrons. The largest absolute Gasteiger partial charge is 0.481 e. The fourth-order valence-corrected chi connectivity index (χ4v) is 5.11. The Hall–Kier alpha value is -2.05. The van der Waals surface area contributed by atoms with Crippen LogP contribution >= 0.6 is 11.6 Å². The van der Waals surface area contributed by atoms with Gasteiger partial charge in [-0.2, -0.15) is 0 Å². The molecule has 0 radical (unpaired) electrons. The van der Waals surface area contributed by atoms with E-state index in [-0.39, 0.29) is 16.3 Å². The summed E-state index contributed by atoms with van der Waals surface area (Å²) >= 11 is 6.06. The molecule has 0 spiro atoms. The summed E-state index contributed by atoms with van der Waals surface area (Å²) in [6.45, 7) is 0. The average molecular weight is 338 g/mol. The molecule has 7 heteroatoms. The molecule has 3 rings (SSSR count). The molecular formula is C15H12ClNO4S. The van der Waals surface area contributed by atoms with E-state index in [0.717, 1.165) is 4.31 Å². The molecular weight excluding hydrogens is 326 g/mol. The molecule has 0 saturated heterocycles. The van der Waals surface area contributed by atoms with Crippen molar-refractivity contribution >= 4 is 33.3 Å². The first-order chi connectivity index (χ1) is 10.4. The summed E-state index contributed by atoms with van der Waals surface area (Å²) in [5.41, 5.74) is 0.833. The predicted octanol–water partition coefficient (Wildman–Crippen LogP) is 3.06. The lowest BCUT2D eigenvalue weighted by atomic mass is 10.0. The Balaban J connectivity index is 2.25. The highest BCUT2D eigenvalue weighted by Gasteiger charge is 2.44. The van der Waals surface area contributed by atoms with E-state index in [2.05, 4.69) is 0 Å². The lowest BCUT2D eigenvalue weighted by Crippen LogP contribution is -2.29. The number of anilines is 1. The zero-order valence-corrected chi connectivity index (χ0v) is 12.9. The monoisotopic (exact) mass is 337 g/mol. The van der Waals surface area contributed by atoms with Crippen LogP contribution in [0.4, 0.5) is 5.69 Å². The topological polar surface area (TPSA) is 74.7 Å². The van der Waals surface area contributed by atoms with Crippen LogP contribution in [0.5, 0.6) is 0 Å². The summed E-state index contributed by atoms with van der Waals surface area (Å²) in [7, 11) is -3.89. The van der Waals surface area contributed by atoms with Gasteiger partial charge in [0.1, 0.15) is 4.90 Å². The van der Waals surface area contributed by atoms with Gasteiger partial charge in [-0.05, 0) is 23.8 Å². The number of fused-ring (bicyclic) bond motifs is 1. The van der Waals surface area contributed by atoms with Crippen molar-refractivity contribution in [3.8, 4) is 0 Å². The number of sulfonamides is 1. The Labute approximate surface area is 132 Å². The molecule has 0 bridgehead atoms. The van der Waals surface area contributed by atoms with Gasteiger partial charge in [-0.15, -0.1) is 0 Å². The Bertz CT molecular complexity index is 836. The van der Waals surface area contributed by atoms with Crippen molar-refractivity contribution < 1.29 is 18.3 Å². The van der Waals surface area contributed by atoms with Gasteiger partial charge >= 0.3 is 5.97 Å². The van der Waals surface area contributed by atoms with Crippen LogP contribution in [0.3, 0.4) is 0 Å². The van der Waals surface area contributed by atoms with Crippen LogP contribution in [0.1, 0.15) is 18.0 Å². The van der Waals surface area contributed by atoms with Crippen molar-refractivity contribution in [2.45, 2.75) is 17.4 Å². The lowest BCUT2D eigenvalue weighted by Gasteiger charge is -2.24. The number of carboxylic acid groups (broad SMARTS) is 1. The maximum Gasteiger partial charge on any atom is 0.305 e. The summed E-state index contributed by atoms with van der Waals surface area (Å²) in [6.07, 6.45) is -0.332. The third kappa shape index (κ3) is 2.24. The van der Waals surface area contributed by atoms with Crippen molar-refractivity contribution in [1.29, 1.82) is 0 Å². The van der Waals surface area contributed by atoms with Gasteiger partial charge in [0.25, 0.3) is 10.0 Å². The van der Waals surface area contributed by atoms with Gasteiger partial charge in [-0.1, -0.05) is 41.9 Å². The van der Waals surface area contributed by atoms with E-state index in [1.807, 2.05) is 0 Å². The minimum atomic E-state index is -3.89. The summed E-state index contributed by atoms with van der Waals surface area (Å²) in [4.78, 5) is 11.2. The Kier molecular flexibility index (Phi) is 3.58. The van der Waals surface area contributed by atoms with Crippen molar-refractivity contribution in [1.82, 2.24) is 0 Å². The van der Waals surface area contributed by atoms with Gasteiger partial charge in [-0.3, -0.25) is 9.10 Å². The number of halogens is 1. The molecule has 1 unspecified atom stereocenters. The van der Waals surface area contributed by atoms with Gasteiger partial charge in [0, 0.05) is 0 Å². The normalized spacial score (nSPS) is 19.0. The summed E-state index contributed by atoms with van der Waals surface area (Å²) < 4.78 is 26.8. The molecule has 0 aliphatic carbocycles. The number of rotatable bonds is 3. The number of nitrogens with zero attached hydrogens (tertiary/aromatic N) is 1. The van der Waals surface area contributed by atoms with Crippen LogP contribution in [0.15, 0.2) is 53.4 Å². The minimum Gasteiger partial charge on any atom is -0.481 e. The molecule has 1 aliphatic rings. The summed E-state index contributed by atoms with van der Waals surface area (Å²) in [5.74, 6) is -1.08. The maximum absolute atomic E-state index is 12.8. The number of para-hydroxylation sites is 1. The molecule has 1 atom stereocenters. The van der Waals surface area contributed by atoms with E-state index >= 15 is 0 Å². The second-order valence-electron chi connectivity index (χ2n) is 4.91. The van der Waals surface area contributed by atoms with E-state index < -0.39 is 22.0 Å². The first-order valence-corrected chi connectivity index (χ1v) is 8.34. The molecule has 0 aromatic heterocycles. The fraction of sp³-hybridized carbons (Fsp3) is 0.133. The van der Waals surface area contributed by atoms with E-state index in [9.17, 15) is 13.2 Å². The smallest absolute Gasteiger partial charge is 0.305 e. The van der Waals surface area contributed by atoms with E-state index in [1.165, 1.54) is 6.07 Å². The van der Waals surface area contributed by atoms with Crippen molar-refractivity contribution in [3.63, 3.8) is 0 Å². The van der Waals surface area contributed by atoms with Crippen molar-refractivity contribution in [3.05, 3.63) is 59.1 Å². The number of hydrogen-bond donors (Lipinski definition) is 1. The highest BCUT2D eigenvalue weighted by atomic mass is 35.5. The third-order valence-corrected chi connectivity index (χ3v) is 5.92. The van der Waals surface area contributed by atoms with Gasteiger partial charge in [0.05, 0.1) is 23.2 Å². The van der Waals surface area contributed by atoms with E-state index in [0.29, 0.717) is 11.3 Å². The molecule has 22 heavy (non-hydrogen) atoms. The molecule has 5 nitrogen and oxygen atoms in total. The lowest BCUT2D eigenvalue weighted by molar-refractivity contribution is -0.137. The third-order valence-electron chi connectivity index (χ3n) is 3.54. The van der Waals surface area contributed by atoms with E-state index in [4.69, 9.17) is 16.7 Å². The van der Waals surface area contributed by atoms with Gasteiger partial charge < -0.3 is 5.11 Å². The summed E-state index contributed by atoms with van der Waals surface area (Å²) in [5, 5.41) is 9.25.